The molecule has 9 nitrogen and oxygen atoms in total. The van der Waals surface area contributed by atoms with E-state index in [4.69, 9.17) is 5.11 Å². The third-order valence-corrected chi connectivity index (χ3v) is 4.13. The fraction of sp³-hybridized carbons (Fsp3) is 0.500. The zero-order chi connectivity index (χ0) is 14.3. The van der Waals surface area contributed by atoms with Gasteiger partial charge in [-0.25, -0.2) is 9.48 Å². The van der Waals surface area contributed by atoms with E-state index in [9.17, 15) is 14.4 Å². The normalized spacial score (nSPS) is 22.5. The van der Waals surface area contributed by atoms with E-state index in [1.54, 1.807) is 4.90 Å². The quantitative estimate of drug-likeness (QED) is 0.748. The second-order valence-corrected chi connectivity index (χ2v) is 5.57. The number of carboxylic acid groups (broad SMARTS) is 1. The highest BCUT2D eigenvalue weighted by Crippen LogP contribution is 2.23. The van der Waals surface area contributed by atoms with E-state index >= 15 is 0 Å². The molecule has 0 spiro atoms. The molecule has 1 aromatic heterocycles. The van der Waals surface area contributed by atoms with Crippen LogP contribution >= 0.6 is 11.8 Å². The molecule has 10 heteroatoms. The lowest BCUT2D eigenvalue weighted by molar-refractivity contribution is -0.138. The predicted octanol–water partition coefficient (Wildman–Crippen LogP) is -0.815. The summed E-state index contributed by atoms with van der Waals surface area (Å²) >= 11 is 1.10. The van der Waals surface area contributed by atoms with Crippen molar-refractivity contribution in [2.24, 2.45) is 0 Å². The number of nitrogens with zero attached hydrogens (tertiary/aromatic N) is 4. The molecule has 2 saturated heterocycles. The molecule has 2 aliphatic heterocycles. The maximum Gasteiger partial charge on any atom is 0.358 e. The standard InChI is InChI=1S/C10H11N5O4S/c16-8(7-4-20-10(19)11-7)14-1-5(2-14)15-3-6(9(17)18)12-13-15/h3,5,7H,1-2,4H2,(H,11,19)(H,17,18). The van der Waals surface area contributed by atoms with Crippen molar-refractivity contribution >= 4 is 28.9 Å². The van der Waals surface area contributed by atoms with E-state index in [0.717, 1.165) is 11.8 Å². The van der Waals surface area contributed by atoms with Gasteiger partial charge in [-0.3, -0.25) is 9.59 Å². The number of nitrogens with one attached hydrogen (secondary N) is 1. The molecule has 20 heavy (non-hydrogen) atoms. The lowest BCUT2D eigenvalue weighted by atomic mass is 10.1. The summed E-state index contributed by atoms with van der Waals surface area (Å²) < 4.78 is 1.45. The van der Waals surface area contributed by atoms with Gasteiger partial charge in [0.1, 0.15) is 6.04 Å². The highest BCUT2D eigenvalue weighted by atomic mass is 32.2. The molecule has 2 aliphatic rings. The monoisotopic (exact) mass is 297 g/mol. The van der Waals surface area contributed by atoms with E-state index in [1.165, 1.54) is 10.9 Å². The van der Waals surface area contributed by atoms with Crippen LogP contribution in [-0.2, 0) is 4.79 Å². The van der Waals surface area contributed by atoms with Gasteiger partial charge < -0.3 is 15.3 Å². The number of amides is 2. The Labute approximate surface area is 117 Å². The van der Waals surface area contributed by atoms with Crippen LogP contribution in [0.15, 0.2) is 6.20 Å². The summed E-state index contributed by atoms with van der Waals surface area (Å²) in [5, 5.41) is 18.4. The van der Waals surface area contributed by atoms with E-state index in [0.29, 0.717) is 18.8 Å². The third-order valence-electron chi connectivity index (χ3n) is 3.25. The van der Waals surface area contributed by atoms with Crippen molar-refractivity contribution in [3.05, 3.63) is 11.9 Å². The summed E-state index contributed by atoms with van der Waals surface area (Å²) in [6, 6.07) is -0.525. The molecule has 1 unspecified atom stereocenters. The Morgan fingerprint density at radius 2 is 2.20 bits per heavy atom. The second kappa shape index (κ2) is 4.78. The maximum atomic E-state index is 12.0. The number of rotatable bonds is 3. The molecule has 2 N–H and O–H groups in total. The van der Waals surface area contributed by atoms with Crippen LogP contribution in [0.1, 0.15) is 16.5 Å². The minimum atomic E-state index is -1.13. The van der Waals surface area contributed by atoms with Crippen LogP contribution in [-0.4, -0.2) is 67.0 Å². The Kier molecular flexibility index (Phi) is 3.08. The summed E-state index contributed by atoms with van der Waals surface area (Å²) in [6.07, 6.45) is 1.35. The van der Waals surface area contributed by atoms with Gasteiger partial charge in [0, 0.05) is 18.8 Å². The van der Waals surface area contributed by atoms with Crippen LogP contribution in [0, 0.1) is 0 Å². The van der Waals surface area contributed by atoms with Crippen LogP contribution in [0.4, 0.5) is 4.79 Å². The fourth-order valence-electron chi connectivity index (χ4n) is 2.09. The molecule has 2 fully saturated rings. The number of likely N-dealkylation sites (tertiary alicyclic amines) is 1. The fourth-order valence-corrected chi connectivity index (χ4v) is 2.86. The van der Waals surface area contributed by atoms with Crippen molar-refractivity contribution in [1.82, 2.24) is 25.2 Å². The minimum absolute atomic E-state index is 0.0655. The molecule has 1 aromatic rings. The molecule has 0 saturated carbocycles. The Morgan fingerprint density at radius 1 is 1.45 bits per heavy atom. The molecular weight excluding hydrogens is 286 g/mol. The second-order valence-electron chi connectivity index (χ2n) is 4.58. The number of aromatic carboxylic acids is 1. The average molecular weight is 297 g/mol. The first-order valence-corrected chi connectivity index (χ1v) is 6.90. The van der Waals surface area contributed by atoms with Gasteiger partial charge in [-0.15, -0.1) is 5.10 Å². The van der Waals surface area contributed by atoms with Gasteiger partial charge in [-0.2, -0.15) is 0 Å². The molecule has 1 atom stereocenters. The molecule has 0 bridgehead atoms. The lowest BCUT2D eigenvalue weighted by Crippen LogP contribution is -2.56. The van der Waals surface area contributed by atoms with E-state index in [-0.39, 0.29) is 22.9 Å². The highest BCUT2D eigenvalue weighted by molar-refractivity contribution is 8.14. The van der Waals surface area contributed by atoms with Crippen molar-refractivity contribution in [3.8, 4) is 0 Å². The SMILES string of the molecule is O=C1NC(C(=O)N2CC(n3cc(C(=O)O)nn3)C2)CS1. The topological polar surface area (TPSA) is 117 Å². The number of aromatic nitrogens is 3. The summed E-state index contributed by atoms with van der Waals surface area (Å²) in [4.78, 5) is 35.4. The van der Waals surface area contributed by atoms with Crippen molar-refractivity contribution < 1.29 is 19.5 Å². The first-order chi connectivity index (χ1) is 9.54. The van der Waals surface area contributed by atoms with E-state index in [2.05, 4.69) is 15.6 Å². The maximum absolute atomic E-state index is 12.0. The van der Waals surface area contributed by atoms with Gasteiger partial charge in [0.25, 0.3) is 5.24 Å². The van der Waals surface area contributed by atoms with Gasteiger partial charge in [0.15, 0.2) is 5.69 Å². The van der Waals surface area contributed by atoms with Gasteiger partial charge in [-0.05, 0) is 0 Å². The van der Waals surface area contributed by atoms with Crippen LogP contribution in [0.2, 0.25) is 0 Å². The Balaban J connectivity index is 1.56. The molecule has 0 radical (unpaired) electrons. The molecular formula is C10H11N5O4S. The summed E-state index contributed by atoms with van der Waals surface area (Å²) in [5.41, 5.74) is -0.116. The molecule has 106 valence electrons. The van der Waals surface area contributed by atoms with Crippen LogP contribution < -0.4 is 5.32 Å². The molecule has 3 heterocycles. The molecule has 0 aromatic carbocycles. The Bertz CT molecular complexity index is 582. The third kappa shape index (κ3) is 2.22. The number of hydrogen-bond donors (Lipinski definition) is 2. The summed E-state index contributed by atoms with van der Waals surface area (Å²) in [6.45, 7) is 0.885. The zero-order valence-electron chi connectivity index (χ0n) is 10.2. The Hall–Kier alpha value is -2.10. The van der Waals surface area contributed by atoms with Crippen LogP contribution in [0.3, 0.4) is 0 Å². The summed E-state index contributed by atoms with van der Waals surface area (Å²) in [7, 11) is 0. The van der Waals surface area contributed by atoms with Crippen molar-refractivity contribution in [2.45, 2.75) is 12.1 Å². The number of carbonyl (C=O) groups excluding carboxylic acids is 2. The van der Waals surface area contributed by atoms with E-state index in [1.807, 2.05) is 0 Å². The highest BCUT2D eigenvalue weighted by Gasteiger charge is 2.38. The van der Waals surface area contributed by atoms with Crippen molar-refractivity contribution in [1.29, 1.82) is 0 Å². The zero-order valence-corrected chi connectivity index (χ0v) is 11.0. The van der Waals surface area contributed by atoms with E-state index < -0.39 is 12.0 Å². The predicted molar refractivity (Wildman–Crippen MR) is 67.4 cm³/mol. The first-order valence-electron chi connectivity index (χ1n) is 5.92. The number of carboxylic acids is 1. The van der Waals surface area contributed by atoms with Crippen molar-refractivity contribution in [2.75, 3.05) is 18.8 Å². The smallest absolute Gasteiger partial charge is 0.358 e. The lowest BCUT2D eigenvalue weighted by Gasteiger charge is -2.39. The molecule has 0 aliphatic carbocycles. The number of hydrogen-bond acceptors (Lipinski definition) is 6. The van der Waals surface area contributed by atoms with Gasteiger partial charge in [-0.1, -0.05) is 17.0 Å². The average Bonchev–Trinajstić information content (AvgIpc) is 2.96. The Morgan fingerprint density at radius 3 is 2.75 bits per heavy atom. The number of carbonyl (C=O) groups is 3. The van der Waals surface area contributed by atoms with Crippen LogP contribution in [0.5, 0.6) is 0 Å². The molecule has 2 amide bonds. The number of thioether (sulfide) groups is 1. The minimum Gasteiger partial charge on any atom is -0.476 e. The van der Waals surface area contributed by atoms with Gasteiger partial charge in [0.05, 0.1) is 12.2 Å². The van der Waals surface area contributed by atoms with Gasteiger partial charge >= 0.3 is 5.97 Å². The van der Waals surface area contributed by atoms with Crippen molar-refractivity contribution in [3.63, 3.8) is 0 Å². The largest absolute Gasteiger partial charge is 0.476 e. The van der Waals surface area contributed by atoms with Gasteiger partial charge in [0.2, 0.25) is 5.91 Å². The first kappa shape index (κ1) is 12.9. The molecule has 3 rings (SSSR count). The summed E-state index contributed by atoms with van der Waals surface area (Å²) in [5.74, 6) is -0.793. The van der Waals surface area contributed by atoms with Crippen LogP contribution in [0.25, 0.3) is 0 Å².